The van der Waals surface area contributed by atoms with Crippen LogP contribution in [-0.4, -0.2) is 156 Å². The number of benzene rings is 4. The zero-order valence-electron chi connectivity index (χ0n) is 82.5. The lowest BCUT2D eigenvalue weighted by atomic mass is 9.92. The standard InChI is InChI=1S/C29H27N7OS.C29H27N7S.C28H25N7OS.C27H23N7OS/c1-16-5-8-24(38-16)21-14-31-15-23-26(21)34-28(33-23)27-20-10-17(6-7-22(20)35-36-27)18-9-19(13-30-12-18)32-25(37)11-29(2,3)4;1-18-5-8-26(37-18)23-15-31-16-25-27(23)33-29(32-25)28-22-12-20(6-7-24(22)34-35-28)21-11-19(13-30-14-21)17-36-9-3-2-4-10-36;1-3-4-5-25(36)31-19-10-18(12-29-13-19)17-7-8-22-20(11-17)27(35-34-22)28-32-23-15-30-14-21(26(23)33-28)24-9-6-16(2)37-24;1-3-4-24(35)30-18-9-17(11-28-12-18)16-6-7-21-19(10-16)26(34-33-21)27-31-22-14-29-13-20(25(22)32-27)23-8-5-15(2)36-23/h5-10,12-15H,11H2,1-4H3,(H,32,37)(H,33,34)(H,35,36);5-8,11-16H,2-4,9-10,17H2,1H3,(H,32,33)(H,34,35);6-15H,3-5H2,1-2H3,(H,31,36)(H,32,33)(H,34,35);5-14H,3-4H2,1-2H3,(H,30,35)(H,31,32)(H,33,34). The van der Waals surface area contributed by atoms with Crippen molar-refractivity contribution < 1.29 is 14.4 Å². The zero-order chi connectivity index (χ0) is 101. The Bertz CT molecular complexity index is 9070. The summed E-state index contributed by atoms with van der Waals surface area (Å²) < 4.78 is 0. The molecule has 25 rings (SSSR count). The molecule has 0 saturated carbocycles. The number of H-pyrrole nitrogens is 8. The van der Waals surface area contributed by atoms with Gasteiger partial charge in [0.2, 0.25) is 17.7 Å². The van der Waals surface area contributed by atoms with Crippen molar-refractivity contribution >= 4 is 168 Å². The van der Waals surface area contributed by atoms with Gasteiger partial charge in [0.05, 0.1) is 105 Å². The smallest absolute Gasteiger partial charge is 0.224 e. The van der Waals surface area contributed by atoms with Gasteiger partial charge < -0.3 is 35.9 Å². The van der Waals surface area contributed by atoms with Crippen LogP contribution in [0.3, 0.4) is 0 Å². The number of rotatable bonds is 23. The summed E-state index contributed by atoms with van der Waals surface area (Å²) in [5.74, 6) is 2.72. The van der Waals surface area contributed by atoms with Crippen LogP contribution in [0.5, 0.6) is 0 Å². The number of aromatic nitrogens is 24. The van der Waals surface area contributed by atoms with Crippen molar-refractivity contribution in [1.82, 2.24) is 125 Å². The van der Waals surface area contributed by atoms with Gasteiger partial charge in [0.15, 0.2) is 23.3 Å². The number of carbonyl (C=O) groups is 3. The topological polar surface area (TPSA) is 423 Å². The Morgan fingerprint density at radius 3 is 0.946 bits per heavy atom. The Labute approximate surface area is 864 Å². The van der Waals surface area contributed by atoms with E-state index in [1.807, 2.05) is 126 Å². The molecule has 31 nitrogen and oxygen atoms in total. The van der Waals surface area contributed by atoms with Gasteiger partial charge in [-0.3, -0.25) is 79.6 Å². The zero-order valence-corrected chi connectivity index (χ0v) is 85.8. The fourth-order valence-corrected chi connectivity index (χ4v) is 22.0. The number of thiophene rings is 4. The van der Waals surface area contributed by atoms with Crippen molar-refractivity contribution in [2.24, 2.45) is 5.41 Å². The number of aryl methyl sites for hydroxylation is 4. The molecule has 1 fully saturated rings. The van der Waals surface area contributed by atoms with Gasteiger partial charge in [-0.2, -0.15) is 20.4 Å². The number of nitrogens with zero attached hydrogens (tertiary/aromatic N) is 17. The van der Waals surface area contributed by atoms with E-state index in [-0.39, 0.29) is 23.1 Å². The SMILES string of the molecule is CCCC(=O)Nc1cncc(-c2ccc3[nH]nc(-c4nc5c(-c6ccc(C)s6)cncc5[nH]4)c3c2)c1.CCCCC(=O)Nc1cncc(-c2ccc3[nH]nc(-c4nc5c(-c6ccc(C)s6)cncc5[nH]4)c3c2)c1.Cc1ccc(-c2cncc3[nH]c(-c4n[nH]c5ccc(-c6cncc(CN7CCCCC7)c6)cc45)nc23)s1.Cc1ccc(-c2cncc3[nH]c(-c4n[nH]c5ccc(-c6cncc(NC(=O)CC(C)(C)C)c6)cc45)nc23)s1. The number of unbranched alkanes of at least 4 members (excludes halogenated alkanes) is 1. The maximum atomic E-state index is 12.4. The minimum absolute atomic E-state index is 0.00447. The van der Waals surface area contributed by atoms with Crippen LogP contribution in [0.4, 0.5) is 17.1 Å². The van der Waals surface area contributed by atoms with E-state index in [4.69, 9.17) is 19.9 Å². The Balaban J connectivity index is 0.000000112. The molecule has 148 heavy (non-hydrogen) atoms. The summed E-state index contributed by atoms with van der Waals surface area (Å²) in [6, 6.07) is 49.6. The first kappa shape index (κ1) is 95.8. The van der Waals surface area contributed by atoms with E-state index >= 15 is 0 Å². The number of amides is 3. The molecule has 0 bridgehead atoms. The van der Waals surface area contributed by atoms with Gasteiger partial charge in [-0.25, -0.2) is 19.9 Å². The van der Waals surface area contributed by atoms with Gasteiger partial charge in [-0.15, -0.1) is 45.3 Å². The number of fused-ring (bicyclic) bond motifs is 8. The first-order valence-corrected chi connectivity index (χ1v) is 52.4. The van der Waals surface area contributed by atoms with Crippen molar-refractivity contribution in [3.8, 4) is 132 Å². The highest BCUT2D eigenvalue weighted by Gasteiger charge is 2.26. The molecule has 0 spiro atoms. The molecule has 4 aromatic carbocycles. The maximum absolute atomic E-state index is 12.4. The third-order valence-electron chi connectivity index (χ3n) is 25.7. The van der Waals surface area contributed by atoms with E-state index in [2.05, 4.69) is 247 Å². The highest BCUT2D eigenvalue weighted by molar-refractivity contribution is 7.16. The quantitative estimate of drug-likeness (QED) is 0.0283. The molecule has 0 atom stereocenters. The molecular formula is C113H102N28O3S4. The van der Waals surface area contributed by atoms with Crippen LogP contribution in [0, 0.1) is 33.1 Å². The van der Waals surface area contributed by atoms with Crippen LogP contribution in [0.15, 0.2) is 245 Å². The lowest BCUT2D eigenvalue weighted by Gasteiger charge is -2.26. The number of pyridine rings is 8. The van der Waals surface area contributed by atoms with E-state index in [9.17, 15) is 14.4 Å². The molecule has 20 aromatic heterocycles. The molecule has 0 radical (unpaired) electrons. The first-order chi connectivity index (χ1) is 72.1. The summed E-state index contributed by atoms with van der Waals surface area (Å²) in [6.45, 7) is 21.9. The second-order valence-corrected chi connectivity index (χ2v) is 43.3. The van der Waals surface area contributed by atoms with Gasteiger partial charge >= 0.3 is 0 Å². The van der Waals surface area contributed by atoms with Crippen molar-refractivity contribution in [2.75, 3.05) is 29.0 Å². The lowest BCUT2D eigenvalue weighted by molar-refractivity contribution is -0.118. The summed E-state index contributed by atoms with van der Waals surface area (Å²) in [6.07, 6.45) is 37.0. The van der Waals surface area contributed by atoms with Crippen LogP contribution < -0.4 is 16.0 Å². The number of hydrogen-bond donors (Lipinski definition) is 11. The molecule has 35 heteroatoms. The average molecular weight is 2030 g/mol. The Hall–Kier alpha value is -17.0. The minimum Gasteiger partial charge on any atom is -0.335 e. The number of hydrogen-bond acceptors (Lipinski definition) is 24. The molecule has 24 aromatic rings. The summed E-state index contributed by atoms with van der Waals surface area (Å²) in [4.78, 5) is 118. The Morgan fingerprint density at radius 2 is 0.635 bits per heavy atom. The summed E-state index contributed by atoms with van der Waals surface area (Å²) in [5.41, 5.74) is 28.8. The van der Waals surface area contributed by atoms with E-state index in [1.54, 1.807) is 101 Å². The molecule has 1 aliphatic rings. The van der Waals surface area contributed by atoms with Crippen LogP contribution >= 0.6 is 45.3 Å². The molecule has 0 aliphatic carbocycles. The number of nitrogens with one attached hydrogen (secondary N) is 11. The Morgan fingerprint density at radius 1 is 0.324 bits per heavy atom. The van der Waals surface area contributed by atoms with Crippen molar-refractivity contribution in [1.29, 1.82) is 0 Å². The van der Waals surface area contributed by atoms with Crippen LogP contribution in [0.25, 0.3) is 220 Å². The fourth-order valence-electron chi connectivity index (χ4n) is 18.5. The number of likely N-dealkylation sites (tertiary alicyclic amines) is 1. The molecule has 11 N–H and O–H groups in total. The van der Waals surface area contributed by atoms with Gasteiger partial charge in [-0.05, 0) is 221 Å². The van der Waals surface area contributed by atoms with Gasteiger partial charge in [0.25, 0.3) is 0 Å². The van der Waals surface area contributed by atoms with Crippen LogP contribution in [0.1, 0.15) is 117 Å². The third kappa shape index (κ3) is 20.8. The highest BCUT2D eigenvalue weighted by atomic mass is 32.1. The number of anilines is 3. The van der Waals surface area contributed by atoms with Crippen LogP contribution in [-0.2, 0) is 20.9 Å². The molecule has 736 valence electrons. The average Bonchev–Trinajstić information content (AvgIpc) is 1.62. The predicted octanol–water partition coefficient (Wildman–Crippen LogP) is 26.6. The minimum atomic E-state index is -0.0892. The summed E-state index contributed by atoms with van der Waals surface area (Å²) in [5, 5.41) is 43.6. The Kier molecular flexibility index (Phi) is 27.0. The summed E-state index contributed by atoms with van der Waals surface area (Å²) >= 11 is 6.92. The first-order valence-electron chi connectivity index (χ1n) is 49.1. The molecule has 3 amide bonds. The fraction of sp³-hybridized carbons (Fsp3) is 0.195. The number of carbonyl (C=O) groups excluding carboxylic acids is 3. The molecular weight excluding hydrogens is 1930 g/mol. The van der Waals surface area contributed by atoms with Crippen molar-refractivity contribution in [3.63, 3.8) is 0 Å². The maximum Gasteiger partial charge on any atom is 0.224 e. The van der Waals surface area contributed by atoms with Crippen LogP contribution in [0.2, 0.25) is 0 Å². The highest BCUT2D eigenvalue weighted by Crippen LogP contribution is 2.43. The summed E-state index contributed by atoms with van der Waals surface area (Å²) in [7, 11) is 0. The van der Waals surface area contributed by atoms with E-state index in [0.29, 0.717) is 53.8 Å². The molecule has 0 unspecified atom stereocenters. The van der Waals surface area contributed by atoms with Gasteiger partial charge in [0.1, 0.15) is 44.8 Å². The molecule has 1 aliphatic heterocycles. The van der Waals surface area contributed by atoms with Gasteiger partial charge in [-0.1, -0.05) is 71.7 Å². The number of imidazole rings is 4. The second-order valence-electron chi connectivity index (χ2n) is 38.2. The van der Waals surface area contributed by atoms with E-state index < -0.39 is 0 Å². The molecule has 21 heterocycles. The predicted molar refractivity (Wildman–Crippen MR) is 595 cm³/mol. The number of piperidine rings is 1. The van der Waals surface area contributed by atoms with Gasteiger partial charge in [0, 0.05) is 187 Å². The lowest BCUT2D eigenvalue weighted by Crippen LogP contribution is -2.29. The van der Waals surface area contributed by atoms with Crippen molar-refractivity contribution in [2.45, 2.75) is 127 Å². The monoisotopic (exact) mass is 2030 g/mol. The molecule has 1 saturated heterocycles. The number of aromatic amines is 8. The van der Waals surface area contributed by atoms with Crippen molar-refractivity contribution in [3.05, 3.63) is 270 Å². The van der Waals surface area contributed by atoms with E-state index in [0.717, 1.165) is 224 Å². The van der Waals surface area contributed by atoms with E-state index in [1.165, 1.54) is 62.3 Å². The largest absolute Gasteiger partial charge is 0.335 e. The third-order valence-corrected chi connectivity index (χ3v) is 29.9. The normalized spacial score (nSPS) is 12.3. The second kappa shape index (κ2) is 41.6.